The van der Waals surface area contributed by atoms with E-state index in [2.05, 4.69) is 16.0 Å². The summed E-state index contributed by atoms with van der Waals surface area (Å²) in [5.74, 6) is -10.1. The van der Waals surface area contributed by atoms with Crippen LogP contribution in [0.4, 0.5) is 4.79 Å². The molecule has 0 aromatic heterocycles. The summed E-state index contributed by atoms with van der Waals surface area (Å²) >= 11 is 0. The predicted molar refractivity (Wildman–Crippen MR) is 289 cm³/mol. The average molecular weight is 1270 g/mol. The first kappa shape index (κ1) is 70.5. The van der Waals surface area contributed by atoms with E-state index >= 15 is 0 Å². The number of hydrogen-bond acceptors (Lipinski definition) is 27. The molecule has 5 heterocycles. The first-order chi connectivity index (χ1) is 40.7. The summed E-state index contributed by atoms with van der Waals surface area (Å²) in [5.41, 5.74) is 8.27. The lowest BCUT2D eigenvalue weighted by atomic mass is 9.82. The molecule has 6 aliphatic rings. The van der Waals surface area contributed by atoms with Gasteiger partial charge < -0.3 is 99.2 Å². The van der Waals surface area contributed by atoms with E-state index in [1.165, 1.54) is 27.7 Å². The molecule has 0 saturated carbocycles. The minimum absolute atomic E-state index is 0.00898. The number of ketones is 1. The zero-order valence-electron chi connectivity index (χ0n) is 50.9. The first-order valence-corrected chi connectivity index (χ1v) is 29.6. The summed E-state index contributed by atoms with van der Waals surface area (Å²) in [6.07, 6.45) is -24.9. The van der Waals surface area contributed by atoms with Crippen LogP contribution in [0, 0.1) is 35.5 Å². The predicted octanol–water partition coefficient (Wildman–Crippen LogP) is 0.325. The molecular formula is C54H83N5O27P+. The van der Waals surface area contributed by atoms with Crippen molar-refractivity contribution < 1.29 is 129 Å². The minimum atomic E-state index is -3.11. The lowest BCUT2D eigenvalue weighted by Gasteiger charge is -2.52. The number of carbonyl (C=O) groups excluding carboxylic acids is 9. The normalized spacial score (nSPS) is 39.8. The Morgan fingerprint density at radius 2 is 1.16 bits per heavy atom. The van der Waals surface area contributed by atoms with Crippen molar-refractivity contribution in [1.82, 2.24) is 16.0 Å². The van der Waals surface area contributed by atoms with E-state index in [0.29, 0.717) is 0 Å². The highest BCUT2D eigenvalue weighted by Crippen LogP contribution is 2.44. The molecule has 0 radical (unpaired) electrons. The number of ether oxygens (including phenoxy) is 13. The van der Waals surface area contributed by atoms with Gasteiger partial charge in [-0.1, -0.05) is 46.1 Å². The van der Waals surface area contributed by atoms with Gasteiger partial charge >= 0.3 is 32.3 Å². The van der Waals surface area contributed by atoms with Gasteiger partial charge in [0, 0.05) is 75.7 Å². The van der Waals surface area contributed by atoms with Gasteiger partial charge in [-0.25, -0.2) is 4.79 Å². The minimum Gasteiger partial charge on any atom is -0.510 e. The fraction of sp³-hybridized carbons (Fsp3) is 0.796. The number of nitrogens with two attached hydrogens (primary N) is 2. The van der Waals surface area contributed by atoms with Crippen molar-refractivity contribution >= 4 is 61.7 Å². The molecule has 1 aliphatic carbocycles. The number of carbonyl (C=O) groups is 9. The third kappa shape index (κ3) is 16.8. The Hall–Kier alpha value is -5.61. The smallest absolute Gasteiger partial charge is 0.510 e. The standard InChI is InChI=1S/C54H82N5O27P/c1-19-20(2)41(76-29(11)63)50(78-33(19)17-73-28(10)62)74-18-34-39(24(6)36(58-27(9)61)49(79-34)83-43-44(85-53(56)69)54(13,70)45(46(55)67)84-52(43)86-87(71)72-14)81-48-35(57-26(8)60)23(5)38(25(7)75-48)80-51-42(77-30(12)64)22(4)21(3)40(82-51)47(68)59-37-31(65)15-16-32(37)66/h19-25,33-36,38-45,48-52,70H,15-18H2,1-14H3,(H7-,55,56,57,58,59,60,61,65,66,67,68,69)/p+1/t19-,20+,21-,22+,23-,24-,25?,33?,34?,35?,36?,38-,39-,40?,41?,42?,43?,44-,45?,48+,49+,50-,51-,52+,54+/m1/s1. The molecule has 33 heteroatoms. The highest BCUT2D eigenvalue weighted by atomic mass is 31.1. The van der Waals surface area contributed by atoms with Crippen molar-refractivity contribution in [2.75, 3.05) is 20.3 Å². The van der Waals surface area contributed by atoms with Gasteiger partial charge in [-0.2, -0.15) is 0 Å². The Morgan fingerprint density at radius 1 is 0.621 bits per heavy atom. The molecule has 0 bridgehead atoms. The molecule has 0 aromatic rings. The second-order valence-electron chi connectivity index (χ2n) is 23.0. The lowest BCUT2D eigenvalue weighted by molar-refractivity contribution is -0.367. The van der Waals surface area contributed by atoms with E-state index in [1.54, 1.807) is 48.5 Å². The van der Waals surface area contributed by atoms with Crippen molar-refractivity contribution in [3.8, 4) is 0 Å². The van der Waals surface area contributed by atoms with Crippen molar-refractivity contribution in [2.45, 2.75) is 219 Å². The zero-order chi connectivity index (χ0) is 64.8. The highest BCUT2D eigenvalue weighted by Gasteiger charge is 2.63. The molecular weight excluding hydrogens is 1180 g/mol. The van der Waals surface area contributed by atoms with Crippen LogP contribution in [0.15, 0.2) is 11.5 Å². The molecule has 5 aliphatic heterocycles. The number of primary amides is 2. The Balaban J connectivity index is 1.40. The molecule has 5 fully saturated rings. The number of rotatable bonds is 22. The quantitative estimate of drug-likeness (QED) is 0.0436. The van der Waals surface area contributed by atoms with Gasteiger partial charge in [-0.3, -0.25) is 38.4 Å². The largest absolute Gasteiger partial charge is 0.699 e. The van der Waals surface area contributed by atoms with Crippen molar-refractivity contribution in [1.29, 1.82) is 0 Å². The summed E-state index contributed by atoms with van der Waals surface area (Å²) in [6.45, 7) is 18.1. The second-order valence-corrected chi connectivity index (χ2v) is 24.1. The third-order valence-electron chi connectivity index (χ3n) is 16.7. The molecule has 32 nitrogen and oxygen atoms in total. The number of allylic oxidation sites excluding steroid dienone is 2. The number of amides is 5. The molecule has 490 valence electrons. The van der Waals surface area contributed by atoms with Crippen LogP contribution in [-0.4, -0.2) is 200 Å². The van der Waals surface area contributed by atoms with E-state index in [4.69, 9.17) is 82.1 Å². The van der Waals surface area contributed by atoms with Crippen LogP contribution >= 0.6 is 8.25 Å². The van der Waals surface area contributed by atoms with Gasteiger partial charge in [-0.15, -0.1) is 4.52 Å². The van der Waals surface area contributed by atoms with Crippen LogP contribution in [0.2, 0.25) is 0 Å². The first-order valence-electron chi connectivity index (χ1n) is 28.5. The number of Topliss-reactive ketones (excluding diaryl/α,β-unsaturated/α-hetero) is 1. The molecule has 11 unspecified atom stereocenters. The molecule has 5 amide bonds. The van der Waals surface area contributed by atoms with Gasteiger partial charge in [0.1, 0.15) is 35.9 Å². The molecule has 9 N–H and O–H groups in total. The maximum Gasteiger partial charge on any atom is 0.699 e. The maximum atomic E-state index is 13.9. The molecule has 0 spiro atoms. The number of aliphatic hydroxyl groups is 2. The van der Waals surface area contributed by atoms with E-state index in [0.717, 1.165) is 21.0 Å². The lowest BCUT2D eigenvalue weighted by Crippen LogP contribution is -2.71. The maximum absolute atomic E-state index is 13.9. The van der Waals surface area contributed by atoms with Crippen LogP contribution < -0.4 is 27.4 Å². The van der Waals surface area contributed by atoms with Gasteiger partial charge in [0.2, 0.25) is 24.0 Å². The molecule has 87 heavy (non-hydrogen) atoms. The Kier molecular flexibility index (Phi) is 24.1. The topological polar surface area (TPSA) is 438 Å². The Morgan fingerprint density at radius 3 is 1.69 bits per heavy atom. The summed E-state index contributed by atoms with van der Waals surface area (Å²) in [7, 11) is -2.11. The average Bonchev–Trinajstić information content (AvgIpc) is 1.27. The number of hydrogen-bond donors (Lipinski definition) is 7. The zero-order valence-corrected chi connectivity index (χ0v) is 51.8. The third-order valence-corrected chi connectivity index (χ3v) is 17.3. The fourth-order valence-corrected chi connectivity index (χ4v) is 12.2. The summed E-state index contributed by atoms with van der Waals surface area (Å²) in [6, 6.07) is -2.51. The monoisotopic (exact) mass is 1260 g/mol. The van der Waals surface area contributed by atoms with Crippen molar-refractivity contribution in [3.05, 3.63) is 11.5 Å². The summed E-state index contributed by atoms with van der Waals surface area (Å²) in [4.78, 5) is 116. The van der Waals surface area contributed by atoms with Crippen LogP contribution in [0.25, 0.3) is 0 Å². The van der Waals surface area contributed by atoms with E-state index in [-0.39, 0.29) is 36.8 Å². The SMILES string of the molecule is CO[P+](=O)O[C@@H]1OC(C(N)=O)[C@@](C)(O)[C@H](OC(N)=O)C1O[C@@H]1OC(CO[C@@H]2OC(COC(C)=O)[C@H](C)[C@H](C)C2OC(C)=O)[C@H](O[C@@H]2OC(C)[C@H](O[C@@H]3OC(C(=O)NC4=C(O)CCC4=O)[C@H](C)[C@H](C)C3OC(C)=O)[C@H](C)C2NC(C)=O)[C@H](C)C1NC(C)=O. The van der Waals surface area contributed by atoms with Crippen molar-refractivity contribution in [2.24, 2.45) is 47.0 Å². The molecule has 5 saturated heterocycles. The fourth-order valence-electron chi connectivity index (χ4n) is 11.8. The molecule has 0 aromatic carbocycles. The van der Waals surface area contributed by atoms with E-state index < -0.39 is 214 Å². The number of nitrogens with one attached hydrogen (secondary N) is 3. The number of esters is 3. The highest BCUT2D eigenvalue weighted by molar-refractivity contribution is 7.33. The van der Waals surface area contributed by atoms with Crippen molar-refractivity contribution in [3.63, 3.8) is 0 Å². The second kappa shape index (κ2) is 29.8. The van der Waals surface area contributed by atoms with Crippen LogP contribution in [0.5, 0.6) is 0 Å². The molecule has 6 rings (SSSR count). The van der Waals surface area contributed by atoms with Crippen LogP contribution in [0.3, 0.4) is 0 Å². The number of aliphatic hydroxyl groups excluding tert-OH is 1. The van der Waals surface area contributed by atoms with E-state index in [1.807, 2.05) is 0 Å². The van der Waals surface area contributed by atoms with Gasteiger partial charge in [0.15, 0.2) is 61.5 Å². The van der Waals surface area contributed by atoms with Gasteiger partial charge in [0.25, 0.3) is 5.91 Å². The summed E-state index contributed by atoms with van der Waals surface area (Å²) < 4.78 is 104. The van der Waals surface area contributed by atoms with Crippen LogP contribution in [-0.2, 0) is 114 Å². The van der Waals surface area contributed by atoms with E-state index in [9.17, 15) is 57.9 Å². The Bertz CT molecular complexity index is 2590. The van der Waals surface area contributed by atoms with Gasteiger partial charge in [-0.05, 0) is 25.7 Å². The molecule has 26 atom stereocenters. The van der Waals surface area contributed by atoms with Crippen LogP contribution in [0.1, 0.15) is 103 Å². The Labute approximate surface area is 502 Å². The summed E-state index contributed by atoms with van der Waals surface area (Å²) in [5, 5.41) is 30.4. The van der Waals surface area contributed by atoms with Gasteiger partial charge in [0.05, 0.1) is 50.2 Å².